The van der Waals surface area contributed by atoms with E-state index in [1.165, 1.54) is 129 Å². The van der Waals surface area contributed by atoms with Crippen LogP contribution in [0, 0.1) is 5.92 Å². The average molecular weight is 551 g/mol. The minimum absolute atomic E-state index is 0.00282. The van der Waals surface area contributed by atoms with Gasteiger partial charge in [-0.3, -0.25) is 9.59 Å². The highest BCUT2D eigenvalue weighted by Gasteiger charge is 2.18. The van der Waals surface area contributed by atoms with Crippen molar-refractivity contribution in [2.45, 2.75) is 187 Å². The second-order valence-corrected chi connectivity index (χ2v) is 11.8. The molecule has 0 radical (unpaired) electrons. The standard InChI is InChI=1S/C35H66O4/c1-3-4-5-6-7-8-9-15-18-21-24-27-30-33(35(38)39-2)31-28-25-22-19-16-13-11-10-12-14-17-20-23-26-29-32-34(36)37/h10,12,33H,3-9,11,13-32H2,1-2H3,(H,36,37). The summed E-state index contributed by atoms with van der Waals surface area (Å²) >= 11 is 0. The maximum atomic E-state index is 12.2. The third kappa shape index (κ3) is 29.5. The molecule has 0 aromatic heterocycles. The van der Waals surface area contributed by atoms with Crippen LogP contribution in [-0.4, -0.2) is 24.2 Å². The SMILES string of the molecule is CCCCCCCCCCCCCCC(CCCCCCCCC=CCCCCCCCC(=O)O)C(=O)OC. The highest BCUT2D eigenvalue weighted by molar-refractivity contribution is 5.72. The lowest BCUT2D eigenvalue weighted by Crippen LogP contribution is -2.16. The monoisotopic (exact) mass is 550 g/mol. The average Bonchev–Trinajstić information content (AvgIpc) is 2.93. The van der Waals surface area contributed by atoms with Crippen LogP contribution in [0.5, 0.6) is 0 Å². The highest BCUT2D eigenvalue weighted by atomic mass is 16.5. The summed E-state index contributed by atoms with van der Waals surface area (Å²) in [6.45, 7) is 2.28. The van der Waals surface area contributed by atoms with E-state index in [9.17, 15) is 9.59 Å². The van der Waals surface area contributed by atoms with Crippen molar-refractivity contribution in [2.24, 2.45) is 5.92 Å². The number of carboxylic acid groups (broad SMARTS) is 1. The molecule has 0 saturated heterocycles. The molecule has 1 N–H and O–H groups in total. The zero-order chi connectivity index (χ0) is 28.7. The smallest absolute Gasteiger partial charge is 0.308 e. The number of hydrogen-bond acceptors (Lipinski definition) is 3. The highest BCUT2D eigenvalue weighted by Crippen LogP contribution is 2.21. The van der Waals surface area contributed by atoms with Gasteiger partial charge in [0.15, 0.2) is 0 Å². The Kier molecular flexibility index (Phi) is 30.2. The lowest BCUT2D eigenvalue weighted by Gasteiger charge is -2.14. The van der Waals surface area contributed by atoms with E-state index in [4.69, 9.17) is 9.84 Å². The topological polar surface area (TPSA) is 63.6 Å². The van der Waals surface area contributed by atoms with Crippen LogP contribution in [0.2, 0.25) is 0 Å². The maximum Gasteiger partial charge on any atom is 0.308 e. The summed E-state index contributed by atoms with van der Waals surface area (Å²) in [5, 5.41) is 8.63. The number of unbranched alkanes of at least 4 members (excludes halogenated alkanes) is 22. The van der Waals surface area contributed by atoms with Crippen LogP contribution in [0.25, 0.3) is 0 Å². The van der Waals surface area contributed by atoms with Crippen molar-refractivity contribution in [3.05, 3.63) is 12.2 Å². The van der Waals surface area contributed by atoms with Crippen molar-refractivity contribution in [2.75, 3.05) is 7.11 Å². The number of ether oxygens (including phenoxy) is 1. The number of esters is 1. The molecule has 4 heteroatoms. The molecule has 0 bridgehead atoms. The number of allylic oxidation sites excluding steroid dienone is 2. The Labute approximate surface area is 243 Å². The van der Waals surface area contributed by atoms with Gasteiger partial charge in [-0.15, -0.1) is 0 Å². The fourth-order valence-electron chi connectivity index (χ4n) is 5.44. The van der Waals surface area contributed by atoms with Gasteiger partial charge in [-0.1, -0.05) is 147 Å². The van der Waals surface area contributed by atoms with Crippen LogP contribution in [0.3, 0.4) is 0 Å². The Bertz CT molecular complexity index is 557. The van der Waals surface area contributed by atoms with Gasteiger partial charge in [0.05, 0.1) is 13.0 Å². The van der Waals surface area contributed by atoms with E-state index in [2.05, 4.69) is 19.1 Å². The van der Waals surface area contributed by atoms with E-state index in [0.717, 1.165) is 51.4 Å². The summed E-state index contributed by atoms with van der Waals surface area (Å²) in [5.41, 5.74) is 0. The fourth-order valence-corrected chi connectivity index (χ4v) is 5.44. The Morgan fingerprint density at radius 1 is 0.564 bits per heavy atom. The van der Waals surface area contributed by atoms with Gasteiger partial charge < -0.3 is 9.84 Å². The van der Waals surface area contributed by atoms with Gasteiger partial charge in [-0.2, -0.15) is 0 Å². The molecule has 0 aliphatic heterocycles. The Hall–Kier alpha value is -1.32. The molecule has 0 heterocycles. The number of hydrogen-bond donors (Lipinski definition) is 1. The van der Waals surface area contributed by atoms with Crippen LogP contribution in [0.4, 0.5) is 0 Å². The second kappa shape index (κ2) is 31.2. The molecular formula is C35H66O4. The molecule has 0 aromatic rings. The first-order valence-electron chi connectivity index (χ1n) is 17.1. The van der Waals surface area contributed by atoms with E-state index < -0.39 is 5.97 Å². The van der Waals surface area contributed by atoms with Crippen LogP contribution in [-0.2, 0) is 14.3 Å². The van der Waals surface area contributed by atoms with Crippen LogP contribution in [0.1, 0.15) is 187 Å². The fraction of sp³-hybridized carbons (Fsp3) is 0.886. The van der Waals surface area contributed by atoms with Gasteiger partial charge in [0.2, 0.25) is 0 Å². The summed E-state index contributed by atoms with van der Waals surface area (Å²) in [7, 11) is 1.54. The van der Waals surface area contributed by atoms with Crippen molar-refractivity contribution in [1.82, 2.24) is 0 Å². The van der Waals surface area contributed by atoms with Gasteiger partial charge in [0, 0.05) is 6.42 Å². The third-order valence-corrected chi connectivity index (χ3v) is 8.04. The first-order valence-corrected chi connectivity index (χ1v) is 17.1. The molecule has 0 amide bonds. The van der Waals surface area contributed by atoms with E-state index in [-0.39, 0.29) is 11.9 Å². The van der Waals surface area contributed by atoms with Gasteiger partial charge in [0.25, 0.3) is 0 Å². The van der Waals surface area contributed by atoms with Crippen LogP contribution < -0.4 is 0 Å². The summed E-state index contributed by atoms with van der Waals surface area (Å²) < 4.78 is 5.09. The van der Waals surface area contributed by atoms with Crippen LogP contribution in [0.15, 0.2) is 12.2 Å². The number of methoxy groups -OCH3 is 1. The Balaban J connectivity index is 3.55. The number of carboxylic acids is 1. The Morgan fingerprint density at radius 3 is 1.31 bits per heavy atom. The third-order valence-electron chi connectivity index (χ3n) is 8.04. The lowest BCUT2D eigenvalue weighted by atomic mass is 9.94. The number of rotatable bonds is 31. The quantitative estimate of drug-likeness (QED) is 0.0529. The molecule has 39 heavy (non-hydrogen) atoms. The van der Waals surface area contributed by atoms with Crippen molar-refractivity contribution in [1.29, 1.82) is 0 Å². The van der Waals surface area contributed by atoms with Crippen molar-refractivity contribution >= 4 is 11.9 Å². The first-order chi connectivity index (χ1) is 19.1. The summed E-state index contributed by atoms with van der Waals surface area (Å²) in [4.78, 5) is 22.7. The minimum atomic E-state index is -0.676. The normalized spacial score (nSPS) is 12.3. The molecule has 230 valence electrons. The molecule has 0 rings (SSSR count). The molecule has 1 unspecified atom stereocenters. The van der Waals surface area contributed by atoms with Gasteiger partial charge in [-0.25, -0.2) is 0 Å². The predicted octanol–water partition coefficient (Wildman–Crippen LogP) is 11.4. The van der Waals surface area contributed by atoms with Crippen molar-refractivity contribution < 1.29 is 19.4 Å². The molecule has 1 atom stereocenters. The molecule has 0 aliphatic carbocycles. The first kappa shape index (κ1) is 37.7. The second-order valence-electron chi connectivity index (χ2n) is 11.8. The van der Waals surface area contributed by atoms with Gasteiger partial charge in [-0.05, 0) is 44.9 Å². The summed E-state index contributed by atoms with van der Waals surface area (Å²) in [6, 6.07) is 0. The Morgan fingerprint density at radius 2 is 0.923 bits per heavy atom. The van der Waals surface area contributed by atoms with E-state index in [0.29, 0.717) is 6.42 Å². The lowest BCUT2D eigenvalue weighted by molar-refractivity contribution is -0.146. The molecular weight excluding hydrogens is 484 g/mol. The summed E-state index contributed by atoms with van der Waals surface area (Å²) in [5.74, 6) is -0.568. The zero-order valence-electron chi connectivity index (χ0n) is 26.2. The number of aliphatic carboxylic acids is 1. The molecule has 0 aromatic carbocycles. The van der Waals surface area contributed by atoms with Gasteiger partial charge in [0.1, 0.15) is 0 Å². The largest absolute Gasteiger partial charge is 0.481 e. The van der Waals surface area contributed by atoms with E-state index >= 15 is 0 Å². The van der Waals surface area contributed by atoms with E-state index in [1.807, 2.05) is 0 Å². The molecule has 0 saturated carbocycles. The molecule has 0 fully saturated rings. The zero-order valence-corrected chi connectivity index (χ0v) is 26.2. The van der Waals surface area contributed by atoms with Crippen LogP contribution >= 0.6 is 0 Å². The predicted molar refractivity (Wildman–Crippen MR) is 167 cm³/mol. The van der Waals surface area contributed by atoms with Crippen molar-refractivity contribution in [3.63, 3.8) is 0 Å². The number of carbonyl (C=O) groups is 2. The van der Waals surface area contributed by atoms with E-state index in [1.54, 1.807) is 0 Å². The van der Waals surface area contributed by atoms with Gasteiger partial charge >= 0.3 is 11.9 Å². The number of carbonyl (C=O) groups excluding carboxylic acids is 1. The summed E-state index contributed by atoms with van der Waals surface area (Å²) in [6.07, 6.45) is 38.5. The molecule has 4 nitrogen and oxygen atoms in total. The van der Waals surface area contributed by atoms with Crippen molar-refractivity contribution in [3.8, 4) is 0 Å². The molecule has 0 spiro atoms. The maximum absolute atomic E-state index is 12.2. The minimum Gasteiger partial charge on any atom is -0.481 e. The molecule has 0 aliphatic rings.